The molecule has 0 aliphatic carbocycles. The van der Waals surface area contributed by atoms with E-state index in [0.29, 0.717) is 0 Å². The smallest absolute Gasteiger partial charge is 0.136 e. The molecule has 4 rings (SSSR count). The Morgan fingerprint density at radius 1 is 0.950 bits per heavy atom. The summed E-state index contributed by atoms with van der Waals surface area (Å²) in [5.74, 6) is 1.13. The van der Waals surface area contributed by atoms with E-state index in [1.54, 1.807) is 6.33 Å². The number of benzene rings is 1. The summed E-state index contributed by atoms with van der Waals surface area (Å²) in [6.07, 6.45) is 3.76. The second-order valence-electron chi connectivity index (χ2n) is 5.50. The van der Waals surface area contributed by atoms with Crippen LogP contribution in [0.3, 0.4) is 0 Å². The van der Waals surface area contributed by atoms with Crippen LogP contribution in [0.2, 0.25) is 0 Å². The van der Waals surface area contributed by atoms with Crippen LogP contribution in [-0.4, -0.2) is 23.1 Å². The summed E-state index contributed by atoms with van der Waals surface area (Å²) in [5, 5.41) is 3.44. The molecular weight excluding hydrogens is 248 g/mol. The molecule has 0 spiro atoms. The third-order valence-corrected chi connectivity index (χ3v) is 4.24. The summed E-state index contributed by atoms with van der Waals surface area (Å²) < 4.78 is 0. The van der Waals surface area contributed by atoms with Gasteiger partial charge >= 0.3 is 0 Å². The molecule has 1 aromatic carbocycles. The molecule has 2 aliphatic heterocycles. The lowest BCUT2D eigenvalue weighted by atomic mass is 10.1. The second-order valence-corrected chi connectivity index (χ2v) is 5.50. The normalized spacial score (nSPS) is 17.5. The standard InChI is InChI=1S/C16H18N4/c1-2-4-13-10-20(9-12(13)3-1)16-14-5-7-17-8-6-15(14)18-11-19-16/h1-4,11,17H,5-10H2. The van der Waals surface area contributed by atoms with E-state index in [4.69, 9.17) is 0 Å². The Balaban J connectivity index is 1.71. The van der Waals surface area contributed by atoms with E-state index in [-0.39, 0.29) is 0 Å². The number of nitrogens with zero attached hydrogens (tertiary/aromatic N) is 3. The van der Waals surface area contributed by atoms with Gasteiger partial charge in [-0.1, -0.05) is 24.3 Å². The molecule has 4 heteroatoms. The Bertz CT molecular complexity index is 613. The molecule has 0 atom stereocenters. The van der Waals surface area contributed by atoms with Gasteiger partial charge in [-0.2, -0.15) is 0 Å². The average Bonchev–Trinajstić information content (AvgIpc) is 2.76. The van der Waals surface area contributed by atoms with Gasteiger partial charge in [0.15, 0.2) is 0 Å². The number of nitrogens with one attached hydrogen (secondary N) is 1. The zero-order valence-electron chi connectivity index (χ0n) is 11.5. The van der Waals surface area contributed by atoms with Crippen LogP contribution in [0.15, 0.2) is 30.6 Å². The largest absolute Gasteiger partial charge is 0.348 e. The predicted molar refractivity (Wildman–Crippen MR) is 78.6 cm³/mol. The quantitative estimate of drug-likeness (QED) is 0.852. The Morgan fingerprint density at radius 3 is 2.50 bits per heavy atom. The lowest BCUT2D eigenvalue weighted by molar-refractivity contribution is 0.708. The fourth-order valence-corrected chi connectivity index (χ4v) is 3.21. The van der Waals surface area contributed by atoms with Gasteiger partial charge < -0.3 is 10.2 Å². The molecule has 2 aliphatic rings. The van der Waals surface area contributed by atoms with Gasteiger partial charge in [-0.3, -0.25) is 0 Å². The van der Waals surface area contributed by atoms with Crippen molar-refractivity contribution in [1.29, 1.82) is 0 Å². The Labute approximate surface area is 118 Å². The first kappa shape index (κ1) is 11.9. The number of anilines is 1. The van der Waals surface area contributed by atoms with Gasteiger partial charge in [-0.25, -0.2) is 9.97 Å². The molecule has 3 heterocycles. The van der Waals surface area contributed by atoms with Crippen molar-refractivity contribution >= 4 is 5.82 Å². The van der Waals surface area contributed by atoms with Crippen molar-refractivity contribution in [2.75, 3.05) is 18.0 Å². The van der Waals surface area contributed by atoms with E-state index in [2.05, 4.69) is 44.5 Å². The maximum absolute atomic E-state index is 4.59. The number of rotatable bonds is 1. The van der Waals surface area contributed by atoms with Crippen LogP contribution in [0, 0.1) is 0 Å². The highest BCUT2D eigenvalue weighted by Crippen LogP contribution is 2.30. The Hall–Kier alpha value is -1.94. The van der Waals surface area contributed by atoms with Crippen LogP contribution in [-0.2, 0) is 25.9 Å². The maximum atomic E-state index is 4.59. The van der Waals surface area contributed by atoms with Crippen molar-refractivity contribution in [3.63, 3.8) is 0 Å². The first-order valence-corrected chi connectivity index (χ1v) is 7.27. The molecule has 0 unspecified atom stereocenters. The van der Waals surface area contributed by atoms with Gasteiger partial charge in [0.25, 0.3) is 0 Å². The molecule has 20 heavy (non-hydrogen) atoms. The fraction of sp³-hybridized carbons (Fsp3) is 0.375. The van der Waals surface area contributed by atoms with Gasteiger partial charge in [-0.15, -0.1) is 0 Å². The summed E-state index contributed by atoms with van der Waals surface area (Å²) >= 11 is 0. The zero-order chi connectivity index (χ0) is 13.4. The number of hydrogen-bond acceptors (Lipinski definition) is 4. The fourth-order valence-electron chi connectivity index (χ4n) is 3.21. The topological polar surface area (TPSA) is 41.1 Å². The molecule has 0 amide bonds. The molecule has 0 bridgehead atoms. The van der Waals surface area contributed by atoms with Crippen LogP contribution < -0.4 is 10.2 Å². The summed E-state index contributed by atoms with van der Waals surface area (Å²) in [6.45, 7) is 3.97. The molecule has 1 aromatic heterocycles. The van der Waals surface area contributed by atoms with E-state index in [9.17, 15) is 0 Å². The zero-order valence-corrected chi connectivity index (χ0v) is 11.5. The summed E-state index contributed by atoms with van der Waals surface area (Å²) in [5.41, 5.74) is 5.40. The minimum absolute atomic E-state index is 0.965. The Kier molecular flexibility index (Phi) is 2.89. The van der Waals surface area contributed by atoms with Gasteiger partial charge in [0.05, 0.1) is 5.69 Å². The lowest BCUT2D eigenvalue weighted by Crippen LogP contribution is -2.20. The van der Waals surface area contributed by atoms with E-state index in [1.807, 2.05) is 0 Å². The van der Waals surface area contributed by atoms with Crippen molar-refractivity contribution in [2.24, 2.45) is 0 Å². The number of hydrogen-bond donors (Lipinski definition) is 1. The molecule has 1 N–H and O–H groups in total. The van der Waals surface area contributed by atoms with Crippen molar-refractivity contribution in [2.45, 2.75) is 25.9 Å². The van der Waals surface area contributed by atoms with E-state index < -0.39 is 0 Å². The highest BCUT2D eigenvalue weighted by molar-refractivity contribution is 5.53. The van der Waals surface area contributed by atoms with Crippen LogP contribution in [0.4, 0.5) is 5.82 Å². The summed E-state index contributed by atoms with van der Waals surface area (Å²) in [6, 6.07) is 8.67. The first-order valence-electron chi connectivity index (χ1n) is 7.27. The molecule has 4 nitrogen and oxygen atoms in total. The molecule has 102 valence electrons. The number of aromatic nitrogens is 2. The first-order chi connectivity index (χ1) is 9.92. The van der Waals surface area contributed by atoms with Gasteiger partial charge in [-0.05, 0) is 24.1 Å². The minimum Gasteiger partial charge on any atom is -0.348 e. The van der Waals surface area contributed by atoms with Gasteiger partial charge in [0, 0.05) is 31.6 Å². The highest BCUT2D eigenvalue weighted by Gasteiger charge is 2.24. The van der Waals surface area contributed by atoms with E-state index in [0.717, 1.165) is 44.8 Å². The minimum atomic E-state index is 0.965. The van der Waals surface area contributed by atoms with Crippen LogP contribution in [0.25, 0.3) is 0 Å². The summed E-state index contributed by atoms with van der Waals surface area (Å²) in [4.78, 5) is 11.5. The monoisotopic (exact) mass is 266 g/mol. The van der Waals surface area contributed by atoms with Crippen molar-refractivity contribution in [1.82, 2.24) is 15.3 Å². The predicted octanol–water partition coefficient (Wildman–Crippen LogP) is 1.68. The molecular formula is C16H18N4. The van der Waals surface area contributed by atoms with Crippen LogP contribution >= 0.6 is 0 Å². The highest BCUT2D eigenvalue weighted by atomic mass is 15.2. The van der Waals surface area contributed by atoms with Gasteiger partial charge in [0.2, 0.25) is 0 Å². The summed E-state index contributed by atoms with van der Waals surface area (Å²) in [7, 11) is 0. The molecule has 0 saturated carbocycles. The van der Waals surface area contributed by atoms with Crippen molar-refractivity contribution in [3.8, 4) is 0 Å². The SMILES string of the molecule is c1ccc2c(c1)CN(c1ncnc3c1CCNCC3)C2. The van der Waals surface area contributed by atoms with Gasteiger partial charge in [0.1, 0.15) is 12.1 Å². The maximum Gasteiger partial charge on any atom is 0.136 e. The average molecular weight is 266 g/mol. The van der Waals surface area contributed by atoms with Crippen molar-refractivity contribution < 1.29 is 0 Å². The number of fused-ring (bicyclic) bond motifs is 2. The molecule has 0 saturated heterocycles. The lowest BCUT2D eigenvalue weighted by Gasteiger charge is -2.20. The molecule has 2 aromatic rings. The van der Waals surface area contributed by atoms with Crippen molar-refractivity contribution in [3.05, 3.63) is 53.0 Å². The Morgan fingerprint density at radius 2 is 1.70 bits per heavy atom. The third kappa shape index (κ3) is 1.96. The van der Waals surface area contributed by atoms with Crippen LogP contribution in [0.1, 0.15) is 22.4 Å². The van der Waals surface area contributed by atoms with Crippen LogP contribution in [0.5, 0.6) is 0 Å². The van der Waals surface area contributed by atoms with E-state index >= 15 is 0 Å². The third-order valence-electron chi connectivity index (χ3n) is 4.24. The molecule has 0 fully saturated rings. The molecule has 0 radical (unpaired) electrons. The van der Waals surface area contributed by atoms with E-state index in [1.165, 1.54) is 22.4 Å². The second kappa shape index (κ2) is 4.87.